The molecular weight excluding hydrogens is 239 g/mol. The molecule has 18 heavy (non-hydrogen) atoms. The molecule has 0 saturated heterocycles. The molecule has 0 aliphatic heterocycles. The van der Waals surface area contributed by atoms with Crippen molar-refractivity contribution in [2.75, 3.05) is 20.1 Å². The van der Waals surface area contributed by atoms with Crippen LogP contribution in [0.15, 0.2) is 24.3 Å². The van der Waals surface area contributed by atoms with E-state index in [0.29, 0.717) is 12.0 Å². The number of rotatable bonds is 5. The summed E-state index contributed by atoms with van der Waals surface area (Å²) in [5.74, 6) is -1.40. The molecule has 0 fully saturated rings. The molecule has 5 nitrogen and oxygen atoms in total. The highest BCUT2D eigenvalue weighted by Gasteiger charge is 2.11. The Kier molecular flexibility index (Phi) is 5.10. The molecule has 1 aromatic rings. The van der Waals surface area contributed by atoms with E-state index in [0.717, 1.165) is 4.90 Å². The van der Waals surface area contributed by atoms with Gasteiger partial charge >= 0.3 is 12.0 Å². The van der Waals surface area contributed by atoms with E-state index in [9.17, 15) is 14.0 Å². The molecule has 98 valence electrons. The highest BCUT2D eigenvalue weighted by molar-refractivity contribution is 5.79. The first kappa shape index (κ1) is 14.0. The predicted molar refractivity (Wildman–Crippen MR) is 63.8 cm³/mol. The molecule has 2 N–H and O–H groups in total. The van der Waals surface area contributed by atoms with E-state index in [-0.39, 0.29) is 18.9 Å². The number of aliphatic carboxylic acids is 1. The Bertz CT molecular complexity index is 437. The standard InChI is InChI=1S/C12H15FN2O3/c1-15(8-11(16)17)12(18)14-7-6-9-4-2-3-5-10(9)13/h2-5H,6-8H2,1H3,(H,14,18)(H,16,17). The van der Waals surface area contributed by atoms with E-state index in [1.54, 1.807) is 18.2 Å². The summed E-state index contributed by atoms with van der Waals surface area (Å²) in [6, 6.07) is 5.82. The van der Waals surface area contributed by atoms with E-state index in [4.69, 9.17) is 5.11 Å². The van der Waals surface area contributed by atoms with Crippen LogP contribution in [-0.2, 0) is 11.2 Å². The zero-order valence-corrected chi connectivity index (χ0v) is 10.0. The molecule has 0 heterocycles. The van der Waals surface area contributed by atoms with Crippen LogP contribution in [-0.4, -0.2) is 42.1 Å². The number of urea groups is 1. The van der Waals surface area contributed by atoms with Gasteiger partial charge in [0.25, 0.3) is 0 Å². The minimum Gasteiger partial charge on any atom is -0.480 e. The zero-order chi connectivity index (χ0) is 13.5. The molecule has 1 aromatic carbocycles. The Labute approximate surface area is 104 Å². The fraction of sp³-hybridized carbons (Fsp3) is 0.333. The zero-order valence-electron chi connectivity index (χ0n) is 10.0. The fourth-order valence-corrected chi connectivity index (χ4v) is 1.41. The second-order valence-corrected chi connectivity index (χ2v) is 3.82. The van der Waals surface area contributed by atoms with Crippen molar-refractivity contribution in [3.8, 4) is 0 Å². The number of carboxylic acids is 1. The van der Waals surface area contributed by atoms with Gasteiger partial charge in [0, 0.05) is 13.6 Å². The first-order valence-electron chi connectivity index (χ1n) is 5.45. The van der Waals surface area contributed by atoms with Gasteiger partial charge < -0.3 is 15.3 Å². The lowest BCUT2D eigenvalue weighted by Gasteiger charge is -2.15. The Hall–Kier alpha value is -2.11. The van der Waals surface area contributed by atoms with E-state index in [1.165, 1.54) is 13.1 Å². The SMILES string of the molecule is CN(CC(=O)O)C(=O)NCCc1ccccc1F. The quantitative estimate of drug-likeness (QED) is 0.826. The number of halogens is 1. The largest absolute Gasteiger partial charge is 0.480 e. The predicted octanol–water partition coefficient (Wildman–Crippen LogP) is 1.09. The topological polar surface area (TPSA) is 69.6 Å². The van der Waals surface area contributed by atoms with Crippen LogP contribution in [0.4, 0.5) is 9.18 Å². The Balaban J connectivity index is 2.36. The number of carboxylic acid groups (broad SMARTS) is 1. The molecule has 0 spiro atoms. The lowest BCUT2D eigenvalue weighted by atomic mass is 10.1. The second kappa shape index (κ2) is 6.58. The van der Waals surface area contributed by atoms with Crippen molar-refractivity contribution in [2.24, 2.45) is 0 Å². The van der Waals surface area contributed by atoms with Gasteiger partial charge in [-0.25, -0.2) is 9.18 Å². The molecular formula is C12H15FN2O3. The summed E-state index contributed by atoms with van der Waals surface area (Å²) < 4.78 is 13.2. The second-order valence-electron chi connectivity index (χ2n) is 3.82. The highest BCUT2D eigenvalue weighted by Crippen LogP contribution is 2.06. The normalized spacial score (nSPS) is 9.89. The molecule has 6 heteroatoms. The third-order valence-corrected chi connectivity index (χ3v) is 2.35. The van der Waals surface area contributed by atoms with Crippen LogP contribution < -0.4 is 5.32 Å². The molecule has 2 amide bonds. The van der Waals surface area contributed by atoms with Crippen LogP contribution in [0, 0.1) is 5.82 Å². The maximum atomic E-state index is 13.2. The summed E-state index contributed by atoms with van der Waals surface area (Å²) >= 11 is 0. The Morgan fingerprint density at radius 1 is 1.39 bits per heavy atom. The lowest BCUT2D eigenvalue weighted by molar-refractivity contribution is -0.137. The smallest absolute Gasteiger partial charge is 0.323 e. The fourth-order valence-electron chi connectivity index (χ4n) is 1.41. The molecule has 0 aromatic heterocycles. The molecule has 0 unspecified atom stereocenters. The number of nitrogens with one attached hydrogen (secondary N) is 1. The number of hydrogen-bond acceptors (Lipinski definition) is 2. The summed E-state index contributed by atoms with van der Waals surface area (Å²) in [5, 5.41) is 11.0. The number of hydrogen-bond donors (Lipinski definition) is 2. The first-order valence-corrected chi connectivity index (χ1v) is 5.45. The molecule has 0 atom stereocenters. The molecule has 0 aliphatic rings. The van der Waals surface area contributed by atoms with Gasteiger partial charge in [-0.2, -0.15) is 0 Å². The van der Waals surface area contributed by atoms with Gasteiger partial charge in [-0.1, -0.05) is 18.2 Å². The van der Waals surface area contributed by atoms with Crippen LogP contribution >= 0.6 is 0 Å². The third-order valence-electron chi connectivity index (χ3n) is 2.35. The molecule has 0 aliphatic carbocycles. The monoisotopic (exact) mass is 254 g/mol. The van der Waals surface area contributed by atoms with Crippen molar-refractivity contribution < 1.29 is 19.1 Å². The summed E-state index contributed by atoms with van der Waals surface area (Å²) in [6.45, 7) is -0.116. The maximum absolute atomic E-state index is 13.2. The Morgan fingerprint density at radius 3 is 2.67 bits per heavy atom. The van der Waals surface area contributed by atoms with Crippen molar-refractivity contribution in [1.29, 1.82) is 0 Å². The number of carbonyl (C=O) groups excluding carboxylic acids is 1. The number of carbonyl (C=O) groups is 2. The van der Waals surface area contributed by atoms with Crippen molar-refractivity contribution in [3.63, 3.8) is 0 Å². The number of amides is 2. The van der Waals surface area contributed by atoms with Crippen LogP contribution in [0.3, 0.4) is 0 Å². The van der Waals surface area contributed by atoms with E-state index in [1.807, 2.05) is 0 Å². The van der Waals surface area contributed by atoms with Gasteiger partial charge in [0.1, 0.15) is 12.4 Å². The van der Waals surface area contributed by atoms with Gasteiger partial charge in [-0.05, 0) is 18.1 Å². The maximum Gasteiger partial charge on any atom is 0.323 e. The molecule has 0 bridgehead atoms. The van der Waals surface area contributed by atoms with Gasteiger partial charge in [0.15, 0.2) is 0 Å². The summed E-state index contributed by atoms with van der Waals surface area (Å²) in [7, 11) is 1.38. The van der Waals surface area contributed by atoms with Crippen LogP contribution in [0.2, 0.25) is 0 Å². The van der Waals surface area contributed by atoms with Gasteiger partial charge in [-0.3, -0.25) is 4.79 Å². The highest BCUT2D eigenvalue weighted by atomic mass is 19.1. The lowest BCUT2D eigenvalue weighted by Crippen LogP contribution is -2.40. The number of nitrogens with zero attached hydrogens (tertiary/aromatic N) is 1. The number of likely N-dealkylation sites (N-methyl/N-ethyl adjacent to an activating group) is 1. The molecule has 1 rings (SSSR count). The van der Waals surface area contributed by atoms with Crippen molar-refractivity contribution in [1.82, 2.24) is 10.2 Å². The summed E-state index contributed by atoms with van der Waals surface area (Å²) in [6.07, 6.45) is 0.360. The van der Waals surface area contributed by atoms with Crippen molar-refractivity contribution >= 4 is 12.0 Å². The summed E-state index contributed by atoms with van der Waals surface area (Å²) in [4.78, 5) is 22.8. The van der Waals surface area contributed by atoms with Gasteiger partial charge in [0.05, 0.1) is 0 Å². The minimum absolute atomic E-state index is 0.254. The molecule has 0 radical (unpaired) electrons. The summed E-state index contributed by atoms with van der Waals surface area (Å²) in [5.41, 5.74) is 0.513. The van der Waals surface area contributed by atoms with E-state index < -0.39 is 12.0 Å². The average molecular weight is 254 g/mol. The van der Waals surface area contributed by atoms with Crippen molar-refractivity contribution in [3.05, 3.63) is 35.6 Å². The van der Waals surface area contributed by atoms with Crippen LogP contribution in [0.1, 0.15) is 5.56 Å². The Morgan fingerprint density at radius 2 is 2.06 bits per heavy atom. The van der Waals surface area contributed by atoms with Gasteiger partial charge in [-0.15, -0.1) is 0 Å². The van der Waals surface area contributed by atoms with Gasteiger partial charge in [0.2, 0.25) is 0 Å². The third kappa shape index (κ3) is 4.40. The molecule has 0 saturated carbocycles. The van der Waals surface area contributed by atoms with Crippen molar-refractivity contribution in [2.45, 2.75) is 6.42 Å². The number of benzene rings is 1. The van der Waals surface area contributed by atoms with Crippen LogP contribution in [0.25, 0.3) is 0 Å². The minimum atomic E-state index is -1.08. The van der Waals surface area contributed by atoms with Crippen LogP contribution in [0.5, 0.6) is 0 Å². The average Bonchev–Trinajstić information content (AvgIpc) is 2.30. The van der Waals surface area contributed by atoms with E-state index >= 15 is 0 Å². The van der Waals surface area contributed by atoms with E-state index in [2.05, 4.69) is 5.32 Å². The first-order chi connectivity index (χ1) is 8.50.